The molecule has 0 aliphatic rings. The summed E-state index contributed by atoms with van der Waals surface area (Å²) in [5.41, 5.74) is 0.0540. The van der Waals surface area contributed by atoms with Crippen molar-refractivity contribution in [2.45, 2.75) is 19.6 Å². The summed E-state index contributed by atoms with van der Waals surface area (Å²) in [7, 11) is 0. The van der Waals surface area contributed by atoms with Crippen LogP contribution in [-0.2, 0) is 6.67 Å². The molecule has 0 amide bonds. The third-order valence-electron chi connectivity index (χ3n) is 2.37. The van der Waals surface area contributed by atoms with Gasteiger partial charge in [0.15, 0.2) is 0 Å². The van der Waals surface area contributed by atoms with Gasteiger partial charge in [-0.2, -0.15) is 0 Å². The molecule has 1 aromatic heterocycles. The fraction of sp³-hybridized carbons (Fsp3) is 0.214. The van der Waals surface area contributed by atoms with E-state index in [2.05, 4.69) is 5.92 Å². The number of aliphatic hydroxyl groups is 1. The first-order valence-electron chi connectivity index (χ1n) is 5.39. The van der Waals surface area contributed by atoms with E-state index in [0.717, 1.165) is 0 Å². The maximum atomic E-state index is 12.5. The van der Waals surface area contributed by atoms with E-state index in [1.165, 1.54) is 41.1 Å². The summed E-state index contributed by atoms with van der Waals surface area (Å²) in [5, 5.41) is 9.28. The van der Waals surface area contributed by atoms with Crippen LogP contribution in [0, 0.1) is 12.3 Å². The minimum atomic E-state index is -0.665. The lowest BCUT2D eigenvalue weighted by atomic mass is 10.2. The number of rotatable bonds is 4. The molecule has 1 aromatic rings. The van der Waals surface area contributed by atoms with Crippen molar-refractivity contribution in [2.75, 3.05) is 0 Å². The van der Waals surface area contributed by atoms with E-state index in [0.29, 0.717) is 5.56 Å². The Bertz CT molecular complexity index is 564. The number of hydrogen-bond acceptors (Lipinski definition) is 2. The van der Waals surface area contributed by atoms with E-state index in [1.54, 1.807) is 6.92 Å². The van der Waals surface area contributed by atoms with Crippen LogP contribution < -0.4 is 5.56 Å². The van der Waals surface area contributed by atoms with Crippen molar-refractivity contribution in [1.29, 1.82) is 0 Å². The maximum Gasteiger partial charge on any atom is 0.251 e. The largest absolute Gasteiger partial charge is 0.508 e. The number of alkyl halides is 1. The molecule has 0 aromatic carbocycles. The Morgan fingerprint density at radius 2 is 2.39 bits per heavy atom. The van der Waals surface area contributed by atoms with Gasteiger partial charge in [-0.15, -0.1) is 6.42 Å². The summed E-state index contributed by atoms with van der Waals surface area (Å²) >= 11 is 0. The summed E-state index contributed by atoms with van der Waals surface area (Å²) in [6.07, 6.45) is 11.1. The number of allylic oxidation sites excluding steroid dienone is 3. The number of halogens is 1. The van der Waals surface area contributed by atoms with E-state index in [9.17, 15) is 14.3 Å². The van der Waals surface area contributed by atoms with Gasteiger partial charge in [-0.05, 0) is 36.8 Å². The second-order valence-corrected chi connectivity index (χ2v) is 3.60. The molecule has 0 fully saturated rings. The summed E-state index contributed by atoms with van der Waals surface area (Å²) in [4.78, 5) is 11.6. The zero-order valence-electron chi connectivity index (χ0n) is 10.0. The number of hydrogen-bond donors (Lipinski definition) is 1. The molecule has 94 valence electrons. The van der Waals surface area contributed by atoms with Gasteiger partial charge in [-0.3, -0.25) is 9.36 Å². The fourth-order valence-electron chi connectivity index (χ4n) is 1.36. The Morgan fingerprint density at radius 1 is 1.67 bits per heavy atom. The standard InChI is InChI=1S/C14H14FNO2/c1-3-12(6-7-13(17)4-2)16-10-11(9-15)5-8-14(16)18/h1,4-8,10,12,17H,9H2,2H3/b7-6-,13-4+. The summed E-state index contributed by atoms with van der Waals surface area (Å²) in [6.45, 7) is 1.00. The van der Waals surface area contributed by atoms with Crippen LogP contribution >= 0.6 is 0 Å². The number of aromatic nitrogens is 1. The summed E-state index contributed by atoms with van der Waals surface area (Å²) in [6, 6.07) is 2.02. The lowest BCUT2D eigenvalue weighted by molar-refractivity contribution is 0.430. The van der Waals surface area contributed by atoms with Crippen LogP contribution in [0.3, 0.4) is 0 Å². The van der Waals surface area contributed by atoms with Crippen LogP contribution in [0.4, 0.5) is 4.39 Å². The SMILES string of the molecule is C#CC(/C=C\C(O)=C/C)n1cc(CF)ccc1=O. The third kappa shape index (κ3) is 3.36. The molecular formula is C14H14FNO2. The second-order valence-electron chi connectivity index (χ2n) is 3.60. The van der Waals surface area contributed by atoms with Gasteiger partial charge in [-0.1, -0.05) is 5.92 Å². The van der Waals surface area contributed by atoms with Crippen LogP contribution in [0.1, 0.15) is 18.5 Å². The molecule has 18 heavy (non-hydrogen) atoms. The van der Waals surface area contributed by atoms with Crippen LogP contribution in [0.2, 0.25) is 0 Å². The molecule has 1 N–H and O–H groups in total. The van der Waals surface area contributed by atoms with Crippen LogP contribution in [0.25, 0.3) is 0 Å². The monoisotopic (exact) mass is 247 g/mol. The van der Waals surface area contributed by atoms with Crippen molar-refractivity contribution in [3.05, 3.63) is 58.2 Å². The highest BCUT2D eigenvalue weighted by molar-refractivity contribution is 5.20. The number of terminal acetylenes is 1. The van der Waals surface area contributed by atoms with Gasteiger partial charge in [0.2, 0.25) is 0 Å². The molecule has 0 spiro atoms. The van der Waals surface area contributed by atoms with Gasteiger partial charge >= 0.3 is 0 Å². The van der Waals surface area contributed by atoms with Crippen LogP contribution in [0.5, 0.6) is 0 Å². The Kier molecular flexibility index (Phi) is 4.94. The molecular weight excluding hydrogens is 233 g/mol. The Labute approximate surface area is 105 Å². The smallest absolute Gasteiger partial charge is 0.251 e. The van der Waals surface area contributed by atoms with Crippen LogP contribution in [0.15, 0.2) is 47.1 Å². The van der Waals surface area contributed by atoms with Crippen molar-refractivity contribution in [3.8, 4) is 12.3 Å². The number of nitrogens with zero attached hydrogens (tertiary/aromatic N) is 1. The van der Waals surface area contributed by atoms with E-state index in [1.807, 2.05) is 0 Å². The number of aliphatic hydroxyl groups excluding tert-OH is 1. The fourth-order valence-corrected chi connectivity index (χ4v) is 1.36. The predicted molar refractivity (Wildman–Crippen MR) is 68.9 cm³/mol. The van der Waals surface area contributed by atoms with Gasteiger partial charge in [-0.25, -0.2) is 4.39 Å². The highest BCUT2D eigenvalue weighted by atomic mass is 19.1. The van der Waals surface area contributed by atoms with Gasteiger partial charge in [0.05, 0.1) is 0 Å². The molecule has 0 saturated carbocycles. The molecule has 0 aliphatic carbocycles. The van der Waals surface area contributed by atoms with Gasteiger partial charge in [0, 0.05) is 12.3 Å². The molecule has 0 aliphatic heterocycles. The van der Waals surface area contributed by atoms with Gasteiger partial charge in [0.25, 0.3) is 5.56 Å². The Hall–Kier alpha value is -2.28. The van der Waals surface area contributed by atoms with Crippen LogP contribution in [-0.4, -0.2) is 9.67 Å². The molecule has 1 heterocycles. The maximum absolute atomic E-state index is 12.5. The van der Waals surface area contributed by atoms with E-state index in [-0.39, 0.29) is 11.3 Å². The first kappa shape index (κ1) is 13.8. The minimum absolute atomic E-state index is 0.0462. The topological polar surface area (TPSA) is 42.2 Å². The lowest BCUT2D eigenvalue weighted by Crippen LogP contribution is -2.22. The summed E-state index contributed by atoms with van der Waals surface area (Å²) in [5.74, 6) is 2.45. The molecule has 1 unspecified atom stereocenters. The first-order chi connectivity index (χ1) is 8.62. The van der Waals surface area contributed by atoms with E-state index >= 15 is 0 Å². The summed E-state index contributed by atoms with van der Waals surface area (Å²) < 4.78 is 13.8. The third-order valence-corrected chi connectivity index (χ3v) is 2.37. The minimum Gasteiger partial charge on any atom is -0.508 e. The quantitative estimate of drug-likeness (QED) is 0.504. The lowest BCUT2D eigenvalue weighted by Gasteiger charge is -2.10. The average Bonchev–Trinajstić information content (AvgIpc) is 2.40. The predicted octanol–water partition coefficient (Wildman–Crippen LogP) is 2.51. The van der Waals surface area contributed by atoms with Crippen molar-refractivity contribution in [2.24, 2.45) is 0 Å². The number of pyridine rings is 1. The molecule has 1 rings (SSSR count). The van der Waals surface area contributed by atoms with E-state index < -0.39 is 12.7 Å². The molecule has 0 bridgehead atoms. The van der Waals surface area contributed by atoms with Gasteiger partial charge in [0.1, 0.15) is 18.5 Å². The highest BCUT2D eigenvalue weighted by Crippen LogP contribution is 2.08. The average molecular weight is 247 g/mol. The van der Waals surface area contributed by atoms with Crippen molar-refractivity contribution < 1.29 is 9.50 Å². The van der Waals surface area contributed by atoms with Gasteiger partial charge < -0.3 is 5.11 Å². The normalized spacial score (nSPS) is 13.5. The molecule has 3 nitrogen and oxygen atoms in total. The zero-order chi connectivity index (χ0) is 13.5. The molecule has 0 radical (unpaired) electrons. The molecule has 0 saturated heterocycles. The Morgan fingerprint density at radius 3 is 2.94 bits per heavy atom. The van der Waals surface area contributed by atoms with Crippen molar-refractivity contribution in [1.82, 2.24) is 4.57 Å². The van der Waals surface area contributed by atoms with Crippen molar-refractivity contribution in [3.63, 3.8) is 0 Å². The molecule has 1 atom stereocenters. The second kappa shape index (κ2) is 6.45. The Balaban J connectivity index is 3.14. The first-order valence-corrected chi connectivity index (χ1v) is 5.39. The zero-order valence-corrected chi connectivity index (χ0v) is 10.0. The highest BCUT2D eigenvalue weighted by Gasteiger charge is 2.06. The van der Waals surface area contributed by atoms with E-state index in [4.69, 9.17) is 6.42 Å². The van der Waals surface area contributed by atoms with Crippen molar-refractivity contribution >= 4 is 0 Å². The molecule has 4 heteroatoms.